The Morgan fingerprint density at radius 3 is 3.00 bits per heavy atom. The normalized spacial score (nSPS) is 19.2. The van der Waals surface area contributed by atoms with E-state index in [1.54, 1.807) is 17.8 Å². The Labute approximate surface area is 129 Å². The van der Waals surface area contributed by atoms with Crippen LogP contribution in [0.3, 0.4) is 0 Å². The van der Waals surface area contributed by atoms with Crippen molar-refractivity contribution in [1.82, 2.24) is 14.5 Å². The molecule has 0 bridgehead atoms. The van der Waals surface area contributed by atoms with E-state index in [1.165, 1.54) is 12.5 Å². The van der Waals surface area contributed by atoms with Crippen molar-refractivity contribution in [3.05, 3.63) is 48.3 Å². The summed E-state index contributed by atoms with van der Waals surface area (Å²) in [5.74, 6) is 1.93. The van der Waals surface area contributed by atoms with E-state index in [0.29, 0.717) is 6.04 Å². The van der Waals surface area contributed by atoms with Gasteiger partial charge in [0.05, 0.1) is 6.04 Å². The second kappa shape index (κ2) is 6.62. The number of aromatic nitrogens is 2. The molecule has 2 heterocycles. The van der Waals surface area contributed by atoms with E-state index in [2.05, 4.69) is 14.5 Å². The minimum atomic E-state index is -0.121. The molecule has 21 heavy (non-hydrogen) atoms. The Morgan fingerprint density at radius 1 is 1.38 bits per heavy atom. The fourth-order valence-corrected chi connectivity index (χ4v) is 3.85. The number of thioether (sulfide) groups is 1. The van der Waals surface area contributed by atoms with E-state index in [9.17, 15) is 4.39 Å². The lowest BCUT2D eigenvalue weighted by Gasteiger charge is -2.23. The molecule has 0 amide bonds. The van der Waals surface area contributed by atoms with Crippen LogP contribution in [-0.2, 0) is 7.05 Å². The van der Waals surface area contributed by atoms with Crippen molar-refractivity contribution >= 4 is 11.8 Å². The van der Waals surface area contributed by atoms with E-state index >= 15 is 0 Å². The van der Waals surface area contributed by atoms with Crippen molar-refractivity contribution in [2.75, 3.05) is 18.8 Å². The molecule has 3 nitrogen and oxygen atoms in total. The van der Waals surface area contributed by atoms with Crippen LogP contribution in [-0.4, -0.2) is 33.3 Å². The largest absolute Gasteiger partial charge is 0.337 e. The van der Waals surface area contributed by atoms with Crippen molar-refractivity contribution in [1.29, 1.82) is 0 Å². The second-order valence-corrected chi connectivity index (χ2v) is 6.51. The zero-order valence-corrected chi connectivity index (χ0v) is 13.0. The number of hydrogen-bond donors (Lipinski definition) is 0. The van der Waals surface area contributed by atoms with Gasteiger partial charge >= 0.3 is 0 Å². The van der Waals surface area contributed by atoms with Crippen LogP contribution in [0, 0.1) is 5.82 Å². The van der Waals surface area contributed by atoms with Crippen LogP contribution in [0.2, 0.25) is 0 Å². The molecule has 1 aliphatic rings. The lowest BCUT2D eigenvalue weighted by atomic mass is 10.2. The molecule has 3 rings (SSSR count). The summed E-state index contributed by atoms with van der Waals surface area (Å²) in [7, 11) is 2.05. The van der Waals surface area contributed by atoms with E-state index in [4.69, 9.17) is 0 Å². The SMILES string of the molecule is Cn1ccnc1[C@H]1CCCN1CCSc1ccccc1F. The maximum atomic E-state index is 13.6. The van der Waals surface area contributed by atoms with E-state index in [1.807, 2.05) is 31.6 Å². The third-order valence-electron chi connectivity index (χ3n) is 3.99. The summed E-state index contributed by atoms with van der Waals surface area (Å²) < 4.78 is 15.7. The Hall–Kier alpha value is -1.33. The lowest BCUT2D eigenvalue weighted by Crippen LogP contribution is -2.27. The van der Waals surface area contributed by atoms with Crippen molar-refractivity contribution in [2.45, 2.75) is 23.8 Å². The molecule has 0 radical (unpaired) electrons. The first-order valence-corrected chi connectivity index (χ1v) is 8.33. The van der Waals surface area contributed by atoms with Gasteiger partial charge in [-0.1, -0.05) is 12.1 Å². The lowest BCUT2D eigenvalue weighted by molar-refractivity contribution is 0.260. The summed E-state index contributed by atoms with van der Waals surface area (Å²) in [6.45, 7) is 2.08. The molecule has 0 N–H and O–H groups in total. The van der Waals surface area contributed by atoms with Gasteiger partial charge in [-0.3, -0.25) is 4.90 Å². The highest BCUT2D eigenvalue weighted by molar-refractivity contribution is 7.99. The molecule has 2 aromatic rings. The van der Waals surface area contributed by atoms with E-state index < -0.39 is 0 Å². The molecule has 0 spiro atoms. The van der Waals surface area contributed by atoms with Crippen LogP contribution in [0.4, 0.5) is 4.39 Å². The van der Waals surface area contributed by atoms with Gasteiger partial charge in [0, 0.05) is 36.6 Å². The average molecular weight is 305 g/mol. The molecule has 0 saturated carbocycles. The minimum absolute atomic E-state index is 0.121. The number of aryl methyl sites for hydroxylation is 1. The molecule has 1 fully saturated rings. The third-order valence-corrected chi connectivity index (χ3v) is 5.02. The zero-order chi connectivity index (χ0) is 14.7. The zero-order valence-electron chi connectivity index (χ0n) is 12.2. The van der Waals surface area contributed by atoms with E-state index in [-0.39, 0.29) is 5.82 Å². The van der Waals surface area contributed by atoms with Gasteiger partial charge in [-0.05, 0) is 31.5 Å². The molecule has 1 atom stereocenters. The Kier molecular flexibility index (Phi) is 4.60. The Morgan fingerprint density at radius 2 is 2.24 bits per heavy atom. The standard InChI is InChI=1S/C16H20FN3S/c1-19-10-8-18-16(19)14-6-4-9-20(14)11-12-21-15-7-3-2-5-13(15)17/h2-3,5,7-8,10,14H,4,6,9,11-12H2,1H3/t14-/m1/s1. The highest BCUT2D eigenvalue weighted by Gasteiger charge is 2.28. The first-order valence-electron chi connectivity index (χ1n) is 7.34. The van der Waals surface area contributed by atoms with Gasteiger partial charge in [-0.15, -0.1) is 11.8 Å². The molecule has 1 saturated heterocycles. The van der Waals surface area contributed by atoms with Gasteiger partial charge in [-0.2, -0.15) is 0 Å². The van der Waals surface area contributed by atoms with Crippen molar-refractivity contribution in [3.8, 4) is 0 Å². The topological polar surface area (TPSA) is 21.1 Å². The number of benzene rings is 1. The number of rotatable bonds is 5. The second-order valence-electron chi connectivity index (χ2n) is 5.37. The molecular weight excluding hydrogens is 285 g/mol. The van der Waals surface area contributed by atoms with Crippen molar-refractivity contribution in [2.24, 2.45) is 7.05 Å². The number of likely N-dealkylation sites (tertiary alicyclic amines) is 1. The monoisotopic (exact) mass is 305 g/mol. The van der Waals surface area contributed by atoms with Gasteiger partial charge in [0.1, 0.15) is 11.6 Å². The highest BCUT2D eigenvalue weighted by Crippen LogP contribution is 2.31. The molecular formula is C16H20FN3S. The fourth-order valence-electron chi connectivity index (χ4n) is 2.92. The summed E-state index contributed by atoms with van der Waals surface area (Å²) in [5, 5.41) is 0. The van der Waals surface area contributed by atoms with Crippen LogP contribution in [0.5, 0.6) is 0 Å². The fraction of sp³-hybridized carbons (Fsp3) is 0.438. The van der Waals surface area contributed by atoms with Gasteiger partial charge in [0.15, 0.2) is 0 Å². The van der Waals surface area contributed by atoms with Gasteiger partial charge < -0.3 is 4.57 Å². The van der Waals surface area contributed by atoms with Gasteiger partial charge in [0.2, 0.25) is 0 Å². The van der Waals surface area contributed by atoms with Crippen molar-refractivity contribution < 1.29 is 4.39 Å². The minimum Gasteiger partial charge on any atom is -0.337 e. The number of halogens is 1. The molecule has 1 aliphatic heterocycles. The summed E-state index contributed by atoms with van der Waals surface area (Å²) in [6.07, 6.45) is 6.23. The summed E-state index contributed by atoms with van der Waals surface area (Å²) in [5.41, 5.74) is 0. The third kappa shape index (κ3) is 3.30. The van der Waals surface area contributed by atoms with Crippen LogP contribution < -0.4 is 0 Å². The molecule has 1 aromatic heterocycles. The number of imidazole rings is 1. The average Bonchev–Trinajstić information content (AvgIpc) is 3.09. The molecule has 5 heteroatoms. The quantitative estimate of drug-likeness (QED) is 0.789. The first-order chi connectivity index (χ1) is 10.3. The molecule has 0 unspecified atom stereocenters. The smallest absolute Gasteiger partial charge is 0.136 e. The number of nitrogens with zero attached hydrogens (tertiary/aromatic N) is 3. The highest BCUT2D eigenvalue weighted by atomic mass is 32.2. The van der Waals surface area contributed by atoms with Crippen LogP contribution in [0.25, 0.3) is 0 Å². The van der Waals surface area contributed by atoms with Crippen LogP contribution in [0.1, 0.15) is 24.7 Å². The van der Waals surface area contributed by atoms with Crippen molar-refractivity contribution in [3.63, 3.8) is 0 Å². The predicted octanol–water partition coefficient (Wildman–Crippen LogP) is 3.49. The first kappa shape index (κ1) is 14.6. The maximum Gasteiger partial charge on any atom is 0.136 e. The summed E-state index contributed by atoms with van der Waals surface area (Å²) in [6, 6.07) is 7.40. The molecule has 1 aromatic carbocycles. The van der Waals surface area contributed by atoms with Crippen LogP contribution >= 0.6 is 11.8 Å². The van der Waals surface area contributed by atoms with Gasteiger partial charge in [0.25, 0.3) is 0 Å². The molecule has 0 aliphatic carbocycles. The maximum absolute atomic E-state index is 13.6. The predicted molar refractivity (Wildman–Crippen MR) is 83.9 cm³/mol. The molecule has 112 valence electrons. The number of hydrogen-bond acceptors (Lipinski definition) is 3. The summed E-state index contributed by atoms with van der Waals surface area (Å²) >= 11 is 1.59. The Balaban J connectivity index is 1.58. The van der Waals surface area contributed by atoms with E-state index in [0.717, 1.165) is 36.0 Å². The summed E-state index contributed by atoms with van der Waals surface area (Å²) in [4.78, 5) is 7.69. The van der Waals surface area contributed by atoms with Gasteiger partial charge in [-0.25, -0.2) is 9.37 Å². The van der Waals surface area contributed by atoms with Crippen LogP contribution in [0.15, 0.2) is 41.6 Å². The Bertz CT molecular complexity index is 599.